The lowest BCUT2D eigenvalue weighted by Gasteiger charge is -2.07. The number of hydrogen-bond acceptors (Lipinski definition) is 4. The predicted octanol–water partition coefficient (Wildman–Crippen LogP) is 4.36. The molecular weight excluding hydrogens is 330 g/mol. The summed E-state index contributed by atoms with van der Waals surface area (Å²) in [5.41, 5.74) is 2.65. The molecule has 5 nitrogen and oxygen atoms in total. The Morgan fingerprint density at radius 1 is 1.17 bits per heavy atom. The maximum absolute atomic E-state index is 11.0. The molecule has 0 unspecified atom stereocenters. The van der Waals surface area contributed by atoms with Crippen LogP contribution < -0.4 is 4.74 Å². The zero-order valence-corrected chi connectivity index (χ0v) is 13.4. The first-order valence-electron chi connectivity index (χ1n) is 7.23. The van der Waals surface area contributed by atoms with Gasteiger partial charge in [0.2, 0.25) is 0 Å². The van der Waals surface area contributed by atoms with E-state index in [1.807, 2.05) is 30.3 Å². The molecule has 3 rings (SSSR count). The maximum Gasteiger partial charge on any atom is 0.335 e. The lowest BCUT2D eigenvalue weighted by atomic mass is 10.1. The van der Waals surface area contributed by atoms with Gasteiger partial charge in [-0.1, -0.05) is 17.3 Å². The van der Waals surface area contributed by atoms with Gasteiger partial charge in [0.05, 0.1) is 11.4 Å². The van der Waals surface area contributed by atoms with Gasteiger partial charge in [-0.2, -0.15) is 0 Å². The number of ether oxygens (including phenoxy) is 1. The molecule has 0 saturated carbocycles. The van der Waals surface area contributed by atoms with Gasteiger partial charge in [-0.05, 0) is 42.0 Å². The van der Waals surface area contributed by atoms with Crippen molar-refractivity contribution >= 4 is 17.6 Å². The van der Waals surface area contributed by atoms with Crippen molar-refractivity contribution in [3.8, 4) is 17.0 Å². The number of halogens is 1. The largest absolute Gasteiger partial charge is 0.489 e. The second-order valence-corrected chi connectivity index (χ2v) is 5.40. The third-order valence-electron chi connectivity index (χ3n) is 3.42. The summed E-state index contributed by atoms with van der Waals surface area (Å²) >= 11 is 5.69. The second kappa shape index (κ2) is 7.19. The van der Waals surface area contributed by atoms with Crippen molar-refractivity contribution in [1.82, 2.24) is 5.16 Å². The molecule has 0 fully saturated rings. The van der Waals surface area contributed by atoms with Gasteiger partial charge in [-0.15, -0.1) is 11.6 Å². The van der Waals surface area contributed by atoms with E-state index in [9.17, 15) is 4.79 Å². The molecule has 0 spiro atoms. The first kappa shape index (κ1) is 16.1. The molecule has 0 bridgehead atoms. The van der Waals surface area contributed by atoms with Crippen LogP contribution in [0.25, 0.3) is 11.3 Å². The zero-order valence-electron chi connectivity index (χ0n) is 12.6. The van der Waals surface area contributed by atoms with Crippen LogP contribution in [-0.4, -0.2) is 16.2 Å². The highest BCUT2D eigenvalue weighted by atomic mass is 35.5. The number of carboxylic acids is 1. The lowest BCUT2D eigenvalue weighted by molar-refractivity contribution is 0.0696. The molecule has 0 aliphatic rings. The maximum atomic E-state index is 11.0. The molecule has 1 aromatic heterocycles. The topological polar surface area (TPSA) is 72.6 Å². The van der Waals surface area contributed by atoms with Gasteiger partial charge in [-0.25, -0.2) is 4.79 Å². The van der Waals surface area contributed by atoms with Crippen molar-refractivity contribution in [3.63, 3.8) is 0 Å². The monoisotopic (exact) mass is 343 g/mol. The molecular formula is C18H14ClNO4. The van der Waals surface area contributed by atoms with E-state index < -0.39 is 5.97 Å². The molecule has 3 aromatic rings. The van der Waals surface area contributed by atoms with Crippen molar-refractivity contribution in [1.29, 1.82) is 0 Å². The summed E-state index contributed by atoms with van der Waals surface area (Å²) in [6, 6.07) is 15.9. The van der Waals surface area contributed by atoms with Crippen LogP contribution in [0.15, 0.2) is 59.1 Å². The average Bonchev–Trinajstić information content (AvgIpc) is 3.10. The summed E-state index contributed by atoms with van der Waals surface area (Å²) in [7, 11) is 0. The Balaban J connectivity index is 1.66. The van der Waals surface area contributed by atoms with Crippen LogP contribution in [0, 0.1) is 0 Å². The molecule has 0 atom stereocenters. The molecule has 6 heteroatoms. The molecule has 0 aliphatic carbocycles. The van der Waals surface area contributed by atoms with Crippen molar-refractivity contribution < 1.29 is 19.2 Å². The van der Waals surface area contributed by atoms with Gasteiger partial charge < -0.3 is 14.4 Å². The third kappa shape index (κ3) is 3.75. The van der Waals surface area contributed by atoms with Gasteiger partial charge in [-0.3, -0.25) is 0 Å². The van der Waals surface area contributed by atoms with E-state index in [1.54, 1.807) is 24.3 Å². The summed E-state index contributed by atoms with van der Waals surface area (Å²) in [6.45, 7) is 0.292. The number of benzene rings is 2. The SMILES string of the molecule is O=C(O)c1cccc(COc2ccc(-c3cc(CCl)on3)cc2)c1. The molecule has 1 N–H and O–H groups in total. The van der Waals surface area contributed by atoms with Crippen molar-refractivity contribution in [2.75, 3.05) is 0 Å². The highest BCUT2D eigenvalue weighted by Crippen LogP contribution is 2.23. The summed E-state index contributed by atoms with van der Waals surface area (Å²) in [5, 5.41) is 12.9. The summed E-state index contributed by atoms with van der Waals surface area (Å²) in [5.74, 6) is 0.625. The van der Waals surface area contributed by atoms with E-state index in [2.05, 4.69) is 5.16 Å². The van der Waals surface area contributed by atoms with Gasteiger partial charge in [0.1, 0.15) is 18.1 Å². The van der Waals surface area contributed by atoms with E-state index in [0.29, 0.717) is 23.8 Å². The number of carbonyl (C=O) groups is 1. The summed E-state index contributed by atoms with van der Waals surface area (Å²) < 4.78 is 10.8. The average molecular weight is 344 g/mol. The standard InChI is InChI=1S/C18H14ClNO4/c19-10-16-9-17(20-24-16)13-4-6-15(7-5-13)23-11-12-2-1-3-14(8-12)18(21)22/h1-9H,10-11H2,(H,21,22). The molecule has 2 aromatic carbocycles. The minimum Gasteiger partial charge on any atom is -0.489 e. The lowest BCUT2D eigenvalue weighted by Crippen LogP contribution is -2.00. The summed E-state index contributed by atoms with van der Waals surface area (Å²) in [6.07, 6.45) is 0. The fraction of sp³-hybridized carbons (Fsp3) is 0.111. The van der Waals surface area contributed by atoms with Crippen LogP contribution in [0.4, 0.5) is 0 Å². The molecule has 122 valence electrons. The van der Waals surface area contributed by atoms with Crippen LogP contribution >= 0.6 is 11.6 Å². The van der Waals surface area contributed by atoms with Gasteiger partial charge in [0.25, 0.3) is 0 Å². The van der Waals surface area contributed by atoms with E-state index in [-0.39, 0.29) is 11.4 Å². The van der Waals surface area contributed by atoms with Crippen LogP contribution in [-0.2, 0) is 12.5 Å². The van der Waals surface area contributed by atoms with Crippen LogP contribution in [0.3, 0.4) is 0 Å². The normalized spacial score (nSPS) is 10.5. The number of aromatic nitrogens is 1. The molecule has 0 aliphatic heterocycles. The quantitative estimate of drug-likeness (QED) is 0.673. The predicted molar refractivity (Wildman–Crippen MR) is 89.2 cm³/mol. The number of nitrogens with zero attached hydrogens (tertiary/aromatic N) is 1. The first-order valence-corrected chi connectivity index (χ1v) is 7.76. The molecule has 24 heavy (non-hydrogen) atoms. The minimum atomic E-state index is -0.954. The van der Waals surface area contributed by atoms with Crippen molar-refractivity contribution in [3.05, 3.63) is 71.5 Å². The summed E-state index contributed by atoms with van der Waals surface area (Å²) in [4.78, 5) is 11.0. The number of hydrogen-bond donors (Lipinski definition) is 1. The Kier molecular flexibility index (Phi) is 4.82. The Labute approximate surface area is 143 Å². The third-order valence-corrected chi connectivity index (χ3v) is 3.68. The highest BCUT2D eigenvalue weighted by molar-refractivity contribution is 6.16. The molecule has 0 amide bonds. The molecule has 1 heterocycles. The fourth-order valence-corrected chi connectivity index (χ4v) is 2.32. The molecule has 0 saturated heterocycles. The number of aromatic carboxylic acids is 1. The van der Waals surface area contributed by atoms with Crippen molar-refractivity contribution in [2.45, 2.75) is 12.5 Å². The van der Waals surface area contributed by atoms with Crippen molar-refractivity contribution in [2.24, 2.45) is 0 Å². The Bertz CT molecular complexity index is 842. The number of alkyl halides is 1. The van der Waals surface area contributed by atoms with E-state index in [4.69, 9.17) is 26.0 Å². The first-order chi connectivity index (χ1) is 11.7. The van der Waals surface area contributed by atoms with Crippen LogP contribution in [0.5, 0.6) is 5.75 Å². The zero-order chi connectivity index (χ0) is 16.9. The van der Waals surface area contributed by atoms with Gasteiger partial charge in [0.15, 0.2) is 5.76 Å². The van der Waals surface area contributed by atoms with Crippen LogP contribution in [0.1, 0.15) is 21.7 Å². The Hall–Kier alpha value is -2.79. The van der Waals surface area contributed by atoms with Gasteiger partial charge >= 0.3 is 5.97 Å². The number of carboxylic acid groups (broad SMARTS) is 1. The molecule has 0 radical (unpaired) electrons. The Morgan fingerprint density at radius 2 is 1.96 bits per heavy atom. The number of rotatable bonds is 6. The van der Waals surface area contributed by atoms with E-state index >= 15 is 0 Å². The van der Waals surface area contributed by atoms with Gasteiger partial charge in [0, 0.05) is 11.6 Å². The fourth-order valence-electron chi connectivity index (χ4n) is 2.19. The van der Waals surface area contributed by atoms with E-state index in [0.717, 1.165) is 11.1 Å². The van der Waals surface area contributed by atoms with E-state index in [1.165, 1.54) is 0 Å². The smallest absolute Gasteiger partial charge is 0.335 e. The highest BCUT2D eigenvalue weighted by Gasteiger charge is 2.07. The minimum absolute atomic E-state index is 0.243. The Morgan fingerprint density at radius 3 is 2.62 bits per heavy atom. The second-order valence-electron chi connectivity index (χ2n) is 5.13. The van der Waals surface area contributed by atoms with Crippen LogP contribution in [0.2, 0.25) is 0 Å².